The van der Waals surface area contributed by atoms with Gasteiger partial charge in [0.15, 0.2) is 0 Å². The molecule has 0 spiro atoms. The number of benzene rings is 1. The summed E-state index contributed by atoms with van der Waals surface area (Å²) >= 11 is 0. The van der Waals surface area contributed by atoms with Gasteiger partial charge in [-0.3, -0.25) is 14.5 Å². The Labute approximate surface area is 189 Å². The molecule has 0 N–H and O–H groups in total. The third-order valence-corrected chi connectivity index (χ3v) is 5.61. The lowest BCUT2D eigenvalue weighted by Gasteiger charge is -2.31. The molecule has 1 fully saturated rings. The number of rotatable bonds is 6. The number of amides is 2. The molecule has 2 heterocycles. The van der Waals surface area contributed by atoms with Crippen LogP contribution in [0.2, 0.25) is 0 Å². The Morgan fingerprint density at radius 3 is 2.58 bits per heavy atom. The van der Waals surface area contributed by atoms with E-state index in [1.807, 2.05) is 6.92 Å². The van der Waals surface area contributed by atoms with Crippen LogP contribution in [0.4, 0.5) is 34.8 Å². The highest BCUT2D eigenvalue weighted by Crippen LogP contribution is 2.36. The number of carbonyl (C=O) groups is 2. The first-order valence-electron chi connectivity index (χ1n) is 10.6. The molecule has 2 aromatic rings. The molecule has 0 radical (unpaired) electrons. The van der Waals surface area contributed by atoms with Gasteiger partial charge in [0.05, 0.1) is 16.9 Å². The predicted molar refractivity (Wildman–Crippen MR) is 118 cm³/mol. The van der Waals surface area contributed by atoms with Crippen molar-refractivity contribution in [1.29, 1.82) is 0 Å². The van der Waals surface area contributed by atoms with Gasteiger partial charge in [0.2, 0.25) is 11.8 Å². The third-order valence-electron chi connectivity index (χ3n) is 5.61. The van der Waals surface area contributed by atoms with E-state index in [-0.39, 0.29) is 30.0 Å². The third kappa shape index (κ3) is 4.94. The second kappa shape index (κ2) is 9.36. The van der Waals surface area contributed by atoms with Crippen molar-refractivity contribution in [2.45, 2.75) is 45.3 Å². The van der Waals surface area contributed by atoms with Gasteiger partial charge < -0.3 is 9.80 Å². The number of hydrogen-bond acceptors (Lipinski definition) is 4. The quantitative estimate of drug-likeness (QED) is 0.586. The summed E-state index contributed by atoms with van der Waals surface area (Å²) in [7, 11) is 3.18. The Morgan fingerprint density at radius 1 is 1.24 bits per heavy atom. The first-order valence-corrected chi connectivity index (χ1v) is 10.6. The highest BCUT2D eigenvalue weighted by molar-refractivity contribution is 6.09. The van der Waals surface area contributed by atoms with Crippen molar-refractivity contribution in [3.8, 4) is 0 Å². The van der Waals surface area contributed by atoms with Crippen molar-refractivity contribution < 1.29 is 27.2 Å². The summed E-state index contributed by atoms with van der Waals surface area (Å²) in [5.41, 5.74) is -0.326. The Bertz CT molecular complexity index is 1060. The van der Waals surface area contributed by atoms with Crippen LogP contribution in [0.25, 0.3) is 0 Å². The van der Waals surface area contributed by atoms with Crippen LogP contribution in [-0.2, 0) is 15.8 Å². The van der Waals surface area contributed by atoms with Gasteiger partial charge in [-0.1, -0.05) is 13.0 Å². The van der Waals surface area contributed by atoms with E-state index < -0.39 is 35.4 Å². The summed E-state index contributed by atoms with van der Waals surface area (Å²) in [4.78, 5) is 34.1. The van der Waals surface area contributed by atoms with Crippen molar-refractivity contribution in [3.63, 3.8) is 0 Å². The molecule has 3 rings (SSSR count). The number of aryl methyl sites for hydroxylation is 1. The maximum atomic E-state index is 14.7. The van der Waals surface area contributed by atoms with Crippen molar-refractivity contribution in [3.05, 3.63) is 47.4 Å². The molecule has 178 valence electrons. The Balaban J connectivity index is 1.99. The molecule has 1 aliphatic rings. The standard InChI is InChI=1S/C23H26F4N4O2/c1-5-11-29(3)21-16(24)7-6-8-17(21)30(4)22(33)18-9-10-20(32)31(18)19-13-15(23(25,26)27)12-14(2)28-19/h6-8,12-13,18H,5,9-11H2,1-4H3/t18-/m0/s1. The molecular formula is C23H26F4N4O2. The molecule has 2 amide bonds. The summed E-state index contributed by atoms with van der Waals surface area (Å²) < 4.78 is 54.6. The molecule has 1 saturated heterocycles. The van der Waals surface area contributed by atoms with E-state index in [0.29, 0.717) is 12.2 Å². The molecule has 0 bridgehead atoms. The second-order valence-electron chi connectivity index (χ2n) is 8.10. The molecule has 6 nitrogen and oxygen atoms in total. The predicted octanol–water partition coefficient (Wildman–Crippen LogP) is 4.55. The van der Waals surface area contributed by atoms with Gasteiger partial charge >= 0.3 is 6.18 Å². The van der Waals surface area contributed by atoms with Crippen molar-refractivity contribution >= 4 is 29.0 Å². The van der Waals surface area contributed by atoms with Gasteiger partial charge in [-0.25, -0.2) is 9.37 Å². The zero-order chi connectivity index (χ0) is 24.5. The molecule has 1 aliphatic heterocycles. The first kappa shape index (κ1) is 24.5. The average Bonchev–Trinajstić information content (AvgIpc) is 3.12. The van der Waals surface area contributed by atoms with Gasteiger partial charge in [0, 0.05) is 32.8 Å². The lowest BCUT2D eigenvalue weighted by atomic mass is 10.1. The highest BCUT2D eigenvalue weighted by atomic mass is 19.4. The van der Waals surface area contributed by atoms with Gasteiger partial charge in [-0.15, -0.1) is 0 Å². The molecule has 10 heteroatoms. The van der Waals surface area contributed by atoms with E-state index in [4.69, 9.17) is 0 Å². The van der Waals surface area contributed by atoms with Crippen LogP contribution in [0, 0.1) is 12.7 Å². The number of nitrogens with zero attached hydrogens (tertiary/aromatic N) is 4. The van der Waals surface area contributed by atoms with E-state index in [1.54, 1.807) is 18.0 Å². The van der Waals surface area contributed by atoms with E-state index in [9.17, 15) is 27.2 Å². The number of aromatic nitrogens is 1. The minimum atomic E-state index is -4.62. The minimum absolute atomic E-state index is 0.00698. The monoisotopic (exact) mass is 466 g/mol. The summed E-state index contributed by atoms with van der Waals surface area (Å²) in [6.07, 6.45) is -3.75. The summed E-state index contributed by atoms with van der Waals surface area (Å²) in [5.74, 6) is -1.75. The Hall–Kier alpha value is -3.17. The fourth-order valence-electron chi connectivity index (χ4n) is 4.08. The van der Waals surface area contributed by atoms with Crippen LogP contribution in [0.5, 0.6) is 0 Å². The van der Waals surface area contributed by atoms with Gasteiger partial charge in [-0.05, 0) is 44.0 Å². The van der Waals surface area contributed by atoms with Gasteiger partial charge in [0.25, 0.3) is 0 Å². The first-order chi connectivity index (χ1) is 15.5. The van der Waals surface area contributed by atoms with Crippen LogP contribution in [0.1, 0.15) is 37.4 Å². The van der Waals surface area contributed by atoms with Crippen LogP contribution in [0.3, 0.4) is 0 Å². The molecule has 33 heavy (non-hydrogen) atoms. The van der Waals surface area contributed by atoms with Gasteiger partial charge in [0.1, 0.15) is 17.7 Å². The fraction of sp³-hybridized carbons (Fsp3) is 0.435. The number of alkyl halides is 3. The Morgan fingerprint density at radius 2 is 1.94 bits per heavy atom. The number of likely N-dealkylation sites (N-methyl/N-ethyl adjacent to an activating group) is 1. The number of para-hydroxylation sites is 1. The number of anilines is 3. The number of carbonyl (C=O) groups excluding carboxylic acids is 2. The topological polar surface area (TPSA) is 56.8 Å². The van der Waals surface area contributed by atoms with Crippen molar-refractivity contribution in [2.24, 2.45) is 0 Å². The molecule has 1 aromatic carbocycles. The zero-order valence-electron chi connectivity index (χ0n) is 18.9. The van der Waals surface area contributed by atoms with Crippen molar-refractivity contribution in [1.82, 2.24) is 4.98 Å². The lowest BCUT2D eigenvalue weighted by Crippen LogP contribution is -2.46. The number of halogens is 4. The zero-order valence-corrected chi connectivity index (χ0v) is 18.9. The summed E-state index contributed by atoms with van der Waals surface area (Å²) in [5, 5.41) is 0. The van der Waals surface area contributed by atoms with Crippen molar-refractivity contribution in [2.75, 3.05) is 35.3 Å². The molecule has 1 atom stereocenters. The van der Waals surface area contributed by atoms with Crippen LogP contribution < -0.4 is 14.7 Å². The maximum absolute atomic E-state index is 14.7. The van der Waals surface area contributed by atoms with Crippen LogP contribution >= 0.6 is 0 Å². The van der Waals surface area contributed by atoms with Gasteiger partial charge in [-0.2, -0.15) is 13.2 Å². The van der Waals surface area contributed by atoms with E-state index in [1.165, 1.54) is 31.0 Å². The Kier molecular flexibility index (Phi) is 6.94. The summed E-state index contributed by atoms with van der Waals surface area (Å²) in [6.45, 7) is 3.89. The van der Waals surface area contributed by atoms with E-state index in [2.05, 4.69) is 4.98 Å². The number of hydrogen-bond donors (Lipinski definition) is 0. The molecular weight excluding hydrogens is 440 g/mol. The second-order valence-corrected chi connectivity index (χ2v) is 8.10. The summed E-state index contributed by atoms with van der Waals surface area (Å²) in [6, 6.07) is 4.98. The molecule has 0 saturated carbocycles. The van der Waals surface area contributed by atoms with Crippen LogP contribution in [-0.4, -0.2) is 43.5 Å². The molecule has 0 aliphatic carbocycles. The smallest absolute Gasteiger partial charge is 0.371 e. The minimum Gasteiger partial charge on any atom is -0.371 e. The van der Waals surface area contributed by atoms with E-state index in [0.717, 1.165) is 23.5 Å². The molecule has 1 aromatic heterocycles. The number of pyridine rings is 1. The average molecular weight is 466 g/mol. The SMILES string of the molecule is CCCN(C)c1c(F)cccc1N(C)C(=O)[C@@H]1CCC(=O)N1c1cc(C(F)(F)F)cc(C)n1. The normalized spacial score (nSPS) is 16.3. The largest absolute Gasteiger partial charge is 0.416 e. The maximum Gasteiger partial charge on any atom is 0.416 e. The molecule has 0 unspecified atom stereocenters. The highest BCUT2D eigenvalue weighted by Gasteiger charge is 2.41. The lowest BCUT2D eigenvalue weighted by molar-refractivity contribution is -0.137. The van der Waals surface area contributed by atoms with Crippen LogP contribution in [0.15, 0.2) is 30.3 Å². The van der Waals surface area contributed by atoms with E-state index >= 15 is 0 Å². The fourth-order valence-corrected chi connectivity index (χ4v) is 4.08.